The van der Waals surface area contributed by atoms with Gasteiger partial charge in [-0.2, -0.15) is 0 Å². The average molecular weight is 278 g/mol. The smallest absolute Gasteiger partial charge is 0.135 e. The molecule has 0 unspecified atom stereocenters. The molecule has 0 spiro atoms. The van der Waals surface area contributed by atoms with E-state index in [0.29, 0.717) is 0 Å². The van der Waals surface area contributed by atoms with Crippen molar-refractivity contribution in [1.82, 2.24) is 9.55 Å². The fourth-order valence-electron chi connectivity index (χ4n) is 2.39. The molecule has 0 bridgehead atoms. The van der Waals surface area contributed by atoms with Gasteiger partial charge in [0.2, 0.25) is 0 Å². The summed E-state index contributed by atoms with van der Waals surface area (Å²) in [5.74, 6) is 0. The van der Waals surface area contributed by atoms with Gasteiger partial charge in [-0.15, -0.1) is 0 Å². The van der Waals surface area contributed by atoms with Gasteiger partial charge in [0.25, 0.3) is 0 Å². The van der Waals surface area contributed by atoms with Crippen LogP contribution in [0.4, 0.5) is 0 Å². The second-order valence-corrected chi connectivity index (χ2v) is 4.96. The highest BCUT2D eigenvalue weighted by Crippen LogP contribution is 2.24. The first kappa shape index (κ1) is 11.4. The molecule has 2 heterocycles. The molecule has 0 saturated heterocycles. The summed E-state index contributed by atoms with van der Waals surface area (Å²) in [7, 11) is 0. The molecule has 4 aromatic rings. The number of fused-ring (bicyclic) bond motifs is 2. The van der Waals surface area contributed by atoms with E-state index in [4.69, 9.17) is 16.6 Å². The summed E-state index contributed by atoms with van der Waals surface area (Å²) in [6.45, 7) is 0. The van der Waals surface area contributed by atoms with Crippen molar-refractivity contribution >= 4 is 34.2 Å². The largest absolute Gasteiger partial charge is 0.462 e. The maximum atomic E-state index is 5.68. The van der Waals surface area contributed by atoms with E-state index in [2.05, 4.69) is 4.98 Å². The van der Waals surface area contributed by atoms with Crippen LogP contribution >= 0.6 is 12.2 Å². The molecule has 0 radical (unpaired) electrons. The first-order chi connectivity index (χ1) is 9.84. The highest BCUT2D eigenvalue weighted by atomic mass is 32.1. The number of para-hydroxylation sites is 3. The molecule has 4 rings (SSSR count). The minimum atomic E-state index is 0.773. The molecule has 0 amide bonds. The Morgan fingerprint density at radius 3 is 2.75 bits per heavy atom. The van der Waals surface area contributed by atoms with E-state index >= 15 is 0 Å². The molecule has 3 nitrogen and oxygen atoms in total. The first-order valence-electron chi connectivity index (χ1n) is 6.27. The number of aromatic nitrogens is 2. The maximum Gasteiger partial charge on any atom is 0.135 e. The van der Waals surface area contributed by atoms with E-state index < -0.39 is 0 Å². The van der Waals surface area contributed by atoms with E-state index in [9.17, 15) is 0 Å². The van der Waals surface area contributed by atoms with E-state index in [-0.39, 0.29) is 0 Å². The number of hydrogen-bond donors (Lipinski definition) is 0. The Bertz CT molecular complexity index is 984. The molecule has 20 heavy (non-hydrogen) atoms. The Kier molecular flexibility index (Phi) is 2.44. The van der Waals surface area contributed by atoms with Crippen molar-refractivity contribution in [2.45, 2.75) is 0 Å². The summed E-state index contributed by atoms with van der Waals surface area (Å²) in [4.78, 5) is 4.39. The fourth-order valence-corrected chi connectivity index (χ4v) is 2.70. The zero-order valence-corrected chi connectivity index (χ0v) is 11.3. The van der Waals surface area contributed by atoms with Gasteiger partial charge in [-0.1, -0.05) is 36.5 Å². The third-order valence-electron chi connectivity index (χ3n) is 3.37. The van der Waals surface area contributed by atoms with E-state index in [0.717, 1.165) is 32.2 Å². The second kappa shape index (κ2) is 4.28. The standard InChI is InChI=1S/C16H10N2OS/c20-16-11-5-1-4-8-15(11)19-9-14(16)18-10-17-12-6-2-3-7-13(12)18/h1-10H. The van der Waals surface area contributed by atoms with Gasteiger partial charge in [-0.3, -0.25) is 4.57 Å². The third-order valence-corrected chi connectivity index (χ3v) is 3.80. The first-order valence-corrected chi connectivity index (χ1v) is 6.68. The maximum absolute atomic E-state index is 5.68. The minimum Gasteiger partial charge on any atom is -0.462 e. The summed E-state index contributed by atoms with van der Waals surface area (Å²) in [6.07, 6.45) is 3.47. The van der Waals surface area contributed by atoms with Gasteiger partial charge in [0.1, 0.15) is 23.9 Å². The monoisotopic (exact) mass is 278 g/mol. The van der Waals surface area contributed by atoms with Gasteiger partial charge in [0, 0.05) is 5.39 Å². The normalized spacial score (nSPS) is 11.2. The molecular weight excluding hydrogens is 268 g/mol. The van der Waals surface area contributed by atoms with Crippen molar-refractivity contribution in [3.8, 4) is 5.69 Å². The lowest BCUT2D eigenvalue weighted by molar-refractivity contribution is 0.599. The summed E-state index contributed by atoms with van der Waals surface area (Å²) in [6, 6.07) is 15.8. The van der Waals surface area contributed by atoms with Crippen LogP contribution in [0.5, 0.6) is 0 Å². The lowest BCUT2D eigenvalue weighted by Crippen LogP contribution is -1.93. The van der Waals surface area contributed by atoms with Crippen molar-refractivity contribution < 1.29 is 4.42 Å². The Morgan fingerprint density at radius 2 is 1.80 bits per heavy atom. The van der Waals surface area contributed by atoms with Gasteiger partial charge >= 0.3 is 0 Å². The Hall–Kier alpha value is -2.46. The summed E-state index contributed by atoms with van der Waals surface area (Å²) < 4.78 is 8.42. The Labute approximate surface area is 120 Å². The summed E-state index contributed by atoms with van der Waals surface area (Å²) in [5, 5.41) is 0.942. The average Bonchev–Trinajstić information content (AvgIpc) is 2.92. The number of rotatable bonds is 1. The molecule has 2 aromatic heterocycles. The lowest BCUT2D eigenvalue weighted by Gasteiger charge is -2.06. The third kappa shape index (κ3) is 1.58. The van der Waals surface area contributed by atoms with Gasteiger partial charge in [0.15, 0.2) is 0 Å². The van der Waals surface area contributed by atoms with Crippen LogP contribution in [0.25, 0.3) is 27.7 Å². The van der Waals surface area contributed by atoms with Crippen molar-refractivity contribution in [3.63, 3.8) is 0 Å². The zero-order chi connectivity index (χ0) is 13.5. The van der Waals surface area contributed by atoms with Crippen LogP contribution in [0, 0.1) is 4.51 Å². The Balaban J connectivity index is 2.08. The number of benzene rings is 2. The van der Waals surface area contributed by atoms with Gasteiger partial charge in [-0.05, 0) is 24.3 Å². The number of nitrogens with zero attached hydrogens (tertiary/aromatic N) is 2. The van der Waals surface area contributed by atoms with Crippen LogP contribution in [0.15, 0.2) is 65.5 Å². The minimum absolute atomic E-state index is 0.773. The van der Waals surface area contributed by atoms with Gasteiger partial charge < -0.3 is 4.42 Å². The highest BCUT2D eigenvalue weighted by Gasteiger charge is 2.08. The fraction of sp³-hybridized carbons (Fsp3) is 0. The molecular formula is C16H10N2OS. The van der Waals surface area contributed by atoms with Crippen LogP contribution in [-0.2, 0) is 0 Å². The summed E-state index contributed by atoms with van der Waals surface area (Å²) >= 11 is 5.60. The van der Waals surface area contributed by atoms with Crippen molar-refractivity contribution in [2.24, 2.45) is 0 Å². The summed E-state index contributed by atoms with van der Waals surface area (Å²) in [5.41, 5.74) is 3.59. The molecule has 2 aromatic carbocycles. The molecule has 96 valence electrons. The van der Waals surface area contributed by atoms with Gasteiger partial charge in [-0.25, -0.2) is 4.98 Å². The molecule has 0 fully saturated rings. The van der Waals surface area contributed by atoms with Crippen LogP contribution in [0.2, 0.25) is 0 Å². The Morgan fingerprint density at radius 1 is 1.00 bits per heavy atom. The lowest BCUT2D eigenvalue weighted by atomic mass is 10.2. The van der Waals surface area contributed by atoms with E-state index in [1.54, 1.807) is 12.6 Å². The molecule has 0 saturated carbocycles. The number of imidazole rings is 1. The van der Waals surface area contributed by atoms with Crippen LogP contribution in [0.1, 0.15) is 0 Å². The van der Waals surface area contributed by atoms with Crippen LogP contribution < -0.4 is 0 Å². The topological polar surface area (TPSA) is 31.0 Å². The van der Waals surface area contributed by atoms with E-state index in [1.165, 1.54) is 0 Å². The molecule has 4 heteroatoms. The molecule has 0 aliphatic rings. The molecule has 0 aliphatic carbocycles. The zero-order valence-electron chi connectivity index (χ0n) is 10.5. The predicted molar refractivity (Wildman–Crippen MR) is 81.7 cm³/mol. The van der Waals surface area contributed by atoms with Crippen molar-refractivity contribution in [3.05, 3.63) is 65.6 Å². The molecule has 0 N–H and O–H groups in total. The SMILES string of the molecule is S=c1c(-n2cnc3ccccc32)coc2ccccc12. The van der Waals surface area contributed by atoms with Gasteiger partial charge in [0.05, 0.1) is 15.5 Å². The molecule has 0 atom stereocenters. The number of hydrogen-bond acceptors (Lipinski definition) is 3. The predicted octanol–water partition coefficient (Wildman–Crippen LogP) is 4.50. The molecule has 0 aliphatic heterocycles. The quantitative estimate of drug-likeness (QED) is 0.480. The highest BCUT2D eigenvalue weighted by molar-refractivity contribution is 7.71. The van der Waals surface area contributed by atoms with Crippen molar-refractivity contribution in [2.75, 3.05) is 0 Å². The van der Waals surface area contributed by atoms with Crippen LogP contribution in [-0.4, -0.2) is 9.55 Å². The van der Waals surface area contributed by atoms with Crippen LogP contribution in [0.3, 0.4) is 0 Å². The van der Waals surface area contributed by atoms with Crippen molar-refractivity contribution in [1.29, 1.82) is 0 Å². The van der Waals surface area contributed by atoms with E-state index in [1.807, 2.05) is 53.1 Å². The second-order valence-electron chi connectivity index (χ2n) is 4.55.